The molecule has 1 amide bonds. The number of ether oxygens (including phenoxy) is 1. The lowest BCUT2D eigenvalue weighted by atomic mass is 9.99. The van der Waals surface area contributed by atoms with Gasteiger partial charge in [-0.05, 0) is 68.7 Å². The Morgan fingerprint density at radius 3 is 2.00 bits per heavy atom. The van der Waals surface area contributed by atoms with Crippen molar-refractivity contribution in [1.82, 2.24) is 0 Å². The molecule has 2 aromatic rings. The first kappa shape index (κ1) is 32.0. The number of rotatable bonds is 5. The second-order valence-corrected chi connectivity index (χ2v) is 7.09. The Labute approximate surface area is 200 Å². The molecule has 0 saturated carbocycles. The van der Waals surface area contributed by atoms with Gasteiger partial charge in [0.2, 0.25) is 0 Å². The molecule has 0 heterocycles. The minimum atomic E-state index is -1.44. The van der Waals surface area contributed by atoms with E-state index in [9.17, 15) is 9.18 Å². The van der Waals surface area contributed by atoms with Crippen molar-refractivity contribution in [3.05, 3.63) is 90.5 Å². The number of anilines is 2. The molecule has 3 N–H and O–H groups in total. The van der Waals surface area contributed by atoms with E-state index in [2.05, 4.69) is 23.2 Å². The number of halogens is 1. The summed E-state index contributed by atoms with van der Waals surface area (Å²) in [4.78, 5) is 12.5. The van der Waals surface area contributed by atoms with Crippen LogP contribution in [0.3, 0.4) is 0 Å². The van der Waals surface area contributed by atoms with Crippen molar-refractivity contribution in [3.8, 4) is 0 Å². The number of carbonyl (C=O) groups excluding carboxylic acids is 1. The summed E-state index contributed by atoms with van der Waals surface area (Å²) in [5, 5.41) is 2.83. The van der Waals surface area contributed by atoms with Gasteiger partial charge < -0.3 is 15.8 Å². The predicted molar refractivity (Wildman–Crippen MR) is 143 cm³/mol. The fraction of sp³-hybridized carbons (Fsp3) is 0.321. The molecular formula is C28H41FN2O2. The van der Waals surface area contributed by atoms with Crippen LogP contribution < -0.4 is 11.1 Å². The third-order valence-corrected chi connectivity index (χ3v) is 4.13. The van der Waals surface area contributed by atoms with Crippen molar-refractivity contribution < 1.29 is 13.9 Å². The highest BCUT2D eigenvalue weighted by Crippen LogP contribution is 2.27. The molecule has 0 aliphatic rings. The average molecular weight is 457 g/mol. The lowest BCUT2D eigenvalue weighted by Crippen LogP contribution is -2.14. The fourth-order valence-electron chi connectivity index (χ4n) is 2.46. The fourth-order valence-corrected chi connectivity index (χ4v) is 2.46. The van der Waals surface area contributed by atoms with Gasteiger partial charge in [-0.3, -0.25) is 4.79 Å². The Balaban J connectivity index is 0. The van der Waals surface area contributed by atoms with E-state index in [4.69, 9.17) is 5.73 Å². The van der Waals surface area contributed by atoms with Gasteiger partial charge in [-0.25, -0.2) is 4.39 Å². The van der Waals surface area contributed by atoms with Crippen LogP contribution in [0.1, 0.15) is 63.0 Å². The number of hydrogen-bond donors (Lipinski definition) is 2. The first-order chi connectivity index (χ1) is 15.6. The molecule has 33 heavy (non-hydrogen) atoms. The summed E-state index contributed by atoms with van der Waals surface area (Å²) in [7, 11) is 3.25. The summed E-state index contributed by atoms with van der Waals surface area (Å²) in [6.07, 6.45) is 5.90. The number of allylic oxidation sites excluding steroid dienone is 4. The second kappa shape index (κ2) is 17.4. The van der Waals surface area contributed by atoms with Gasteiger partial charge in [-0.15, -0.1) is 13.2 Å². The van der Waals surface area contributed by atoms with E-state index in [0.717, 1.165) is 11.1 Å². The average Bonchev–Trinajstić information content (AvgIpc) is 2.81. The number of nitrogens with two attached hydrogens (primary N) is 1. The molecule has 182 valence electrons. The SMILES string of the molecule is C/C=C\C=C(/C)c1ccc(N)c(NC(=O)c2ccc(C(C)(C)F)cc2)c1.C=C.CC.COC. The number of benzene rings is 2. The van der Waals surface area contributed by atoms with Gasteiger partial charge >= 0.3 is 0 Å². The van der Waals surface area contributed by atoms with Gasteiger partial charge in [0.05, 0.1) is 11.4 Å². The summed E-state index contributed by atoms with van der Waals surface area (Å²) >= 11 is 0. The number of alkyl halides is 1. The molecule has 0 aliphatic carbocycles. The van der Waals surface area contributed by atoms with Crippen LogP contribution >= 0.6 is 0 Å². The van der Waals surface area contributed by atoms with E-state index in [1.807, 2.05) is 58.1 Å². The molecule has 2 aromatic carbocycles. The summed E-state index contributed by atoms with van der Waals surface area (Å²) in [5.74, 6) is -0.285. The first-order valence-corrected chi connectivity index (χ1v) is 10.8. The van der Waals surface area contributed by atoms with Crippen LogP contribution in [0.15, 0.2) is 73.9 Å². The number of amides is 1. The number of methoxy groups -OCH3 is 1. The van der Waals surface area contributed by atoms with E-state index >= 15 is 0 Å². The number of nitrogens with one attached hydrogen (secondary N) is 1. The van der Waals surface area contributed by atoms with Gasteiger partial charge in [-0.1, -0.05) is 50.3 Å². The molecule has 0 aromatic heterocycles. The Morgan fingerprint density at radius 2 is 1.55 bits per heavy atom. The smallest absolute Gasteiger partial charge is 0.255 e. The summed E-state index contributed by atoms with van der Waals surface area (Å²) in [6, 6.07) is 12.0. The Bertz CT molecular complexity index is 880. The van der Waals surface area contributed by atoms with Crippen molar-refractivity contribution in [3.63, 3.8) is 0 Å². The van der Waals surface area contributed by atoms with Crippen molar-refractivity contribution in [1.29, 1.82) is 0 Å². The zero-order chi connectivity index (χ0) is 26.0. The normalized spacial score (nSPS) is 10.6. The van der Waals surface area contributed by atoms with Crippen molar-refractivity contribution in [2.75, 3.05) is 25.3 Å². The Morgan fingerprint density at radius 1 is 1.06 bits per heavy atom. The third-order valence-electron chi connectivity index (χ3n) is 4.13. The van der Waals surface area contributed by atoms with Crippen LogP contribution in [-0.2, 0) is 10.4 Å². The Hall–Kier alpha value is -3.18. The van der Waals surface area contributed by atoms with E-state index in [0.29, 0.717) is 22.5 Å². The topological polar surface area (TPSA) is 64.3 Å². The zero-order valence-corrected chi connectivity index (χ0v) is 21.5. The minimum absolute atomic E-state index is 0.285. The first-order valence-electron chi connectivity index (χ1n) is 10.8. The van der Waals surface area contributed by atoms with Crippen LogP contribution in [0.25, 0.3) is 5.57 Å². The second-order valence-electron chi connectivity index (χ2n) is 7.09. The van der Waals surface area contributed by atoms with E-state index < -0.39 is 5.67 Å². The maximum absolute atomic E-state index is 13.9. The molecule has 0 radical (unpaired) electrons. The maximum atomic E-state index is 13.9. The number of hydrogen-bond acceptors (Lipinski definition) is 3. The molecule has 0 atom stereocenters. The lowest BCUT2D eigenvalue weighted by molar-refractivity contribution is 0.102. The maximum Gasteiger partial charge on any atom is 0.255 e. The zero-order valence-electron chi connectivity index (χ0n) is 21.5. The largest absolute Gasteiger partial charge is 0.397 e. The van der Waals surface area contributed by atoms with Gasteiger partial charge in [0.15, 0.2) is 0 Å². The standard InChI is InChI=1S/C22H25FN2O.C2H6O.C2H6.C2H4/c1-5-6-7-15(2)17-10-13-19(24)20(14-17)25-21(26)16-8-11-18(12-9-16)22(3,4)23;1-3-2;2*1-2/h5-14H,24H2,1-4H3,(H,25,26);1-2H3;1-2H3;1-2H2/b6-5-,15-7+;;;. The highest BCUT2D eigenvalue weighted by molar-refractivity contribution is 6.06. The van der Waals surface area contributed by atoms with Crippen LogP contribution in [-0.4, -0.2) is 20.1 Å². The van der Waals surface area contributed by atoms with Crippen LogP contribution in [0, 0.1) is 0 Å². The quantitative estimate of drug-likeness (QED) is 0.274. The van der Waals surface area contributed by atoms with Gasteiger partial charge in [0.1, 0.15) is 5.67 Å². The summed E-state index contributed by atoms with van der Waals surface area (Å²) in [6.45, 7) is 16.9. The van der Waals surface area contributed by atoms with Crippen LogP contribution in [0.5, 0.6) is 0 Å². The van der Waals surface area contributed by atoms with Gasteiger partial charge in [0, 0.05) is 19.8 Å². The summed E-state index contributed by atoms with van der Waals surface area (Å²) < 4.78 is 18.2. The molecule has 4 nitrogen and oxygen atoms in total. The lowest BCUT2D eigenvalue weighted by Gasteiger charge is -2.15. The van der Waals surface area contributed by atoms with Crippen molar-refractivity contribution >= 4 is 22.9 Å². The number of carbonyl (C=O) groups is 1. The highest BCUT2D eigenvalue weighted by atomic mass is 19.1. The van der Waals surface area contributed by atoms with Gasteiger partial charge in [-0.2, -0.15) is 0 Å². The molecule has 0 fully saturated rings. The van der Waals surface area contributed by atoms with Crippen LogP contribution in [0.2, 0.25) is 0 Å². The molecule has 0 spiro atoms. The third kappa shape index (κ3) is 11.9. The molecule has 5 heteroatoms. The van der Waals surface area contributed by atoms with Crippen molar-refractivity contribution in [2.24, 2.45) is 0 Å². The Kier molecular flexibility index (Phi) is 16.9. The van der Waals surface area contributed by atoms with E-state index in [-0.39, 0.29) is 5.91 Å². The minimum Gasteiger partial charge on any atom is -0.397 e. The highest BCUT2D eigenvalue weighted by Gasteiger charge is 2.19. The predicted octanol–water partition coefficient (Wildman–Crippen LogP) is 7.80. The molecule has 0 aliphatic heterocycles. The van der Waals surface area contributed by atoms with Crippen molar-refractivity contribution in [2.45, 2.75) is 47.2 Å². The molecular weight excluding hydrogens is 415 g/mol. The van der Waals surface area contributed by atoms with Crippen LogP contribution in [0.4, 0.5) is 15.8 Å². The number of nitrogen functional groups attached to an aromatic ring is 1. The molecule has 0 bridgehead atoms. The molecule has 0 unspecified atom stereocenters. The van der Waals surface area contributed by atoms with E-state index in [1.165, 1.54) is 13.8 Å². The summed E-state index contributed by atoms with van der Waals surface area (Å²) in [5.41, 5.74) is 8.61. The molecule has 0 saturated heterocycles. The van der Waals surface area contributed by atoms with E-state index in [1.54, 1.807) is 44.6 Å². The monoisotopic (exact) mass is 456 g/mol. The molecule has 2 rings (SSSR count). The van der Waals surface area contributed by atoms with Gasteiger partial charge in [0.25, 0.3) is 5.91 Å².